The molecule has 0 spiro atoms. The van der Waals surface area contributed by atoms with E-state index < -0.39 is 5.97 Å². The molecule has 0 aliphatic heterocycles. The summed E-state index contributed by atoms with van der Waals surface area (Å²) in [7, 11) is 1.68. The number of carbonyl (C=O) groups excluding carboxylic acids is 1. The molecule has 2 fully saturated rings. The molecule has 114 valence electrons. The van der Waals surface area contributed by atoms with E-state index >= 15 is 0 Å². The van der Waals surface area contributed by atoms with Gasteiger partial charge >= 0.3 is 12.0 Å². The number of carboxylic acid groups (broad SMARTS) is 1. The van der Waals surface area contributed by atoms with Gasteiger partial charge in [0.05, 0.1) is 6.10 Å². The Morgan fingerprint density at radius 2 is 1.95 bits per heavy atom. The molecule has 0 radical (unpaired) electrons. The van der Waals surface area contributed by atoms with Crippen molar-refractivity contribution in [1.29, 1.82) is 0 Å². The normalized spacial score (nSPS) is 26.6. The lowest BCUT2D eigenvalue weighted by molar-refractivity contribution is -0.138. The molecule has 6 nitrogen and oxygen atoms in total. The first-order valence-corrected chi connectivity index (χ1v) is 7.42. The third-order valence-electron chi connectivity index (χ3n) is 4.38. The summed E-state index contributed by atoms with van der Waals surface area (Å²) < 4.78 is 5.29. The molecule has 0 saturated heterocycles. The average molecular weight is 284 g/mol. The standard InChI is InChI=1S/C14H24N2O4/c1-20-12-7-6-10(8-12)15-14(19)16(9-13(17)18)11-4-2-3-5-11/h10-12H,2-9H2,1H3,(H,15,19)(H,17,18). The molecule has 2 saturated carbocycles. The van der Waals surface area contributed by atoms with Gasteiger partial charge in [-0.05, 0) is 32.1 Å². The van der Waals surface area contributed by atoms with E-state index in [0.29, 0.717) is 0 Å². The molecule has 0 aromatic rings. The number of aliphatic carboxylic acids is 1. The Balaban J connectivity index is 1.90. The number of ether oxygens (including phenoxy) is 1. The molecule has 0 heterocycles. The van der Waals surface area contributed by atoms with Gasteiger partial charge in [-0.2, -0.15) is 0 Å². The summed E-state index contributed by atoms with van der Waals surface area (Å²) in [4.78, 5) is 24.8. The number of urea groups is 1. The largest absolute Gasteiger partial charge is 0.480 e. The van der Waals surface area contributed by atoms with Gasteiger partial charge in [0.25, 0.3) is 0 Å². The molecule has 2 aliphatic carbocycles. The van der Waals surface area contributed by atoms with Crippen molar-refractivity contribution < 1.29 is 19.4 Å². The van der Waals surface area contributed by atoms with Crippen LogP contribution in [0.2, 0.25) is 0 Å². The topological polar surface area (TPSA) is 78.9 Å². The van der Waals surface area contributed by atoms with Crippen molar-refractivity contribution in [3.63, 3.8) is 0 Å². The van der Waals surface area contributed by atoms with Gasteiger partial charge in [-0.3, -0.25) is 4.79 Å². The first-order chi connectivity index (χ1) is 9.60. The molecule has 2 unspecified atom stereocenters. The van der Waals surface area contributed by atoms with Crippen LogP contribution < -0.4 is 5.32 Å². The number of rotatable bonds is 5. The zero-order valence-corrected chi connectivity index (χ0v) is 12.0. The molecule has 20 heavy (non-hydrogen) atoms. The Bertz CT molecular complexity index is 355. The Hall–Kier alpha value is -1.30. The van der Waals surface area contributed by atoms with E-state index in [1.807, 2.05) is 0 Å². The highest BCUT2D eigenvalue weighted by Gasteiger charge is 2.31. The van der Waals surface area contributed by atoms with E-state index in [0.717, 1.165) is 44.9 Å². The SMILES string of the molecule is COC1CCC(NC(=O)N(CC(=O)O)C2CCCC2)C1. The second-order valence-electron chi connectivity index (χ2n) is 5.78. The summed E-state index contributed by atoms with van der Waals surface area (Å²) in [5.74, 6) is -0.951. The highest BCUT2D eigenvalue weighted by molar-refractivity contribution is 5.80. The van der Waals surface area contributed by atoms with Crippen LogP contribution in [-0.2, 0) is 9.53 Å². The number of amides is 2. The monoisotopic (exact) mass is 284 g/mol. The third kappa shape index (κ3) is 3.85. The second-order valence-corrected chi connectivity index (χ2v) is 5.78. The molecule has 2 atom stereocenters. The minimum Gasteiger partial charge on any atom is -0.480 e. The minimum atomic E-state index is -0.951. The highest BCUT2D eigenvalue weighted by atomic mass is 16.5. The van der Waals surface area contributed by atoms with Gasteiger partial charge in [-0.1, -0.05) is 12.8 Å². The van der Waals surface area contributed by atoms with Crippen LogP contribution in [0.4, 0.5) is 4.79 Å². The van der Waals surface area contributed by atoms with Gasteiger partial charge in [0.1, 0.15) is 6.54 Å². The third-order valence-corrected chi connectivity index (χ3v) is 4.38. The number of carboxylic acids is 1. The van der Waals surface area contributed by atoms with Crippen molar-refractivity contribution >= 4 is 12.0 Å². The van der Waals surface area contributed by atoms with Gasteiger partial charge in [-0.25, -0.2) is 4.79 Å². The van der Waals surface area contributed by atoms with E-state index in [9.17, 15) is 9.59 Å². The lowest BCUT2D eigenvalue weighted by atomic mass is 10.2. The molecule has 0 aromatic heterocycles. The van der Waals surface area contributed by atoms with Crippen LogP contribution in [0.3, 0.4) is 0 Å². The Kier molecular flexibility index (Phi) is 5.23. The minimum absolute atomic E-state index is 0.0747. The predicted octanol–water partition coefficient (Wildman–Crippen LogP) is 1.59. The van der Waals surface area contributed by atoms with Crippen LogP contribution in [0, 0.1) is 0 Å². The van der Waals surface area contributed by atoms with Crippen LogP contribution in [0.25, 0.3) is 0 Å². The molecular formula is C14H24N2O4. The van der Waals surface area contributed by atoms with Crippen molar-refractivity contribution in [2.75, 3.05) is 13.7 Å². The number of methoxy groups -OCH3 is 1. The maximum atomic E-state index is 12.3. The number of nitrogens with zero attached hydrogens (tertiary/aromatic N) is 1. The van der Waals surface area contributed by atoms with Crippen molar-refractivity contribution in [3.8, 4) is 0 Å². The summed E-state index contributed by atoms with van der Waals surface area (Å²) in [6, 6.07) is -0.0584. The maximum absolute atomic E-state index is 12.3. The Morgan fingerprint density at radius 3 is 2.50 bits per heavy atom. The van der Waals surface area contributed by atoms with Crippen LogP contribution in [0.5, 0.6) is 0 Å². The quantitative estimate of drug-likeness (QED) is 0.803. The molecule has 0 aromatic carbocycles. The second kappa shape index (κ2) is 6.92. The van der Waals surface area contributed by atoms with Gasteiger partial charge in [0.2, 0.25) is 0 Å². The first kappa shape index (κ1) is 15.1. The fourth-order valence-electron chi connectivity index (χ4n) is 3.27. The average Bonchev–Trinajstić information content (AvgIpc) is 3.06. The summed E-state index contributed by atoms with van der Waals surface area (Å²) in [5.41, 5.74) is 0. The van der Waals surface area contributed by atoms with Crippen LogP contribution >= 0.6 is 0 Å². The zero-order chi connectivity index (χ0) is 14.5. The van der Waals surface area contributed by atoms with Crippen LogP contribution in [-0.4, -0.2) is 53.8 Å². The first-order valence-electron chi connectivity index (χ1n) is 7.42. The highest BCUT2D eigenvalue weighted by Crippen LogP contribution is 2.25. The summed E-state index contributed by atoms with van der Waals surface area (Å²) in [6.45, 7) is -0.211. The van der Waals surface area contributed by atoms with Gasteiger partial charge in [0, 0.05) is 19.2 Å². The van der Waals surface area contributed by atoms with Crippen molar-refractivity contribution in [2.24, 2.45) is 0 Å². The number of hydrogen-bond acceptors (Lipinski definition) is 3. The fraction of sp³-hybridized carbons (Fsp3) is 0.857. The van der Waals surface area contributed by atoms with E-state index in [4.69, 9.17) is 9.84 Å². The predicted molar refractivity (Wildman–Crippen MR) is 73.6 cm³/mol. The van der Waals surface area contributed by atoms with Gasteiger partial charge in [-0.15, -0.1) is 0 Å². The lowest BCUT2D eigenvalue weighted by Gasteiger charge is -2.29. The summed E-state index contributed by atoms with van der Waals surface area (Å²) >= 11 is 0. The Labute approximate surface area is 119 Å². The molecule has 2 amide bonds. The summed E-state index contributed by atoms with van der Waals surface area (Å²) in [6.07, 6.45) is 6.83. The van der Waals surface area contributed by atoms with Crippen molar-refractivity contribution in [2.45, 2.75) is 63.1 Å². The van der Waals surface area contributed by atoms with E-state index in [1.165, 1.54) is 4.90 Å². The van der Waals surface area contributed by atoms with Crippen molar-refractivity contribution in [3.05, 3.63) is 0 Å². The molecule has 2 rings (SSSR count). The van der Waals surface area contributed by atoms with E-state index in [-0.39, 0.29) is 30.8 Å². The smallest absolute Gasteiger partial charge is 0.323 e. The maximum Gasteiger partial charge on any atom is 0.323 e. The van der Waals surface area contributed by atoms with Crippen LogP contribution in [0.15, 0.2) is 0 Å². The molecule has 6 heteroatoms. The zero-order valence-electron chi connectivity index (χ0n) is 12.0. The summed E-state index contributed by atoms with van der Waals surface area (Å²) in [5, 5.41) is 12.0. The molecular weight excluding hydrogens is 260 g/mol. The number of carbonyl (C=O) groups is 2. The molecule has 2 N–H and O–H groups in total. The molecule has 0 bridgehead atoms. The number of nitrogens with one attached hydrogen (secondary N) is 1. The van der Waals surface area contributed by atoms with E-state index in [2.05, 4.69) is 5.32 Å². The van der Waals surface area contributed by atoms with Gasteiger partial charge in [0.15, 0.2) is 0 Å². The number of hydrogen-bond donors (Lipinski definition) is 2. The van der Waals surface area contributed by atoms with Crippen molar-refractivity contribution in [1.82, 2.24) is 10.2 Å². The van der Waals surface area contributed by atoms with Gasteiger partial charge < -0.3 is 20.1 Å². The van der Waals surface area contributed by atoms with E-state index in [1.54, 1.807) is 7.11 Å². The van der Waals surface area contributed by atoms with Crippen LogP contribution in [0.1, 0.15) is 44.9 Å². The lowest BCUT2D eigenvalue weighted by Crippen LogP contribution is -2.50. The fourth-order valence-corrected chi connectivity index (χ4v) is 3.27. The molecule has 2 aliphatic rings. The Morgan fingerprint density at radius 1 is 1.25 bits per heavy atom.